The van der Waals surface area contributed by atoms with Crippen molar-refractivity contribution in [2.45, 2.75) is 25.7 Å². The number of carbonyl (C=O) groups is 1. The van der Waals surface area contributed by atoms with Gasteiger partial charge in [-0.3, -0.25) is 4.79 Å². The van der Waals surface area contributed by atoms with Crippen LogP contribution in [0.2, 0.25) is 0 Å². The van der Waals surface area contributed by atoms with E-state index in [1.807, 2.05) is 42.5 Å². The molecule has 2 N–H and O–H groups in total. The predicted octanol–water partition coefficient (Wildman–Crippen LogP) is 3.48. The standard InChI is InChI=1S/C25H24N4O3/c30-23(17-1-2-17)25(10-11-26-15-25)14-22-27-28-24(31)29(22)20-6-3-16(4-7-20)18-5-8-21-19(13-18)9-12-32-21/h3-9,12-13,17,26H,1-2,10-11,14-15H2,(H,28,31)/t25-/m0/s1. The number of furan rings is 1. The fourth-order valence-corrected chi connectivity index (χ4v) is 4.94. The van der Waals surface area contributed by atoms with Crippen LogP contribution in [0.25, 0.3) is 27.8 Å². The molecule has 0 unspecified atom stereocenters. The van der Waals surface area contributed by atoms with Crippen LogP contribution in [0.1, 0.15) is 25.1 Å². The molecular weight excluding hydrogens is 404 g/mol. The maximum atomic E-state index is 13.1. The average Bonchev–Trinajstić information content (AvgIpc) is 3.19. The lowest BCUT2D eigenvalue weighted by atomic mass is 9.77. The minimum Gasteiger partial charge on any atom is -0.464 e. The number of Topliss-reactive ketones (excluding diaryl/α,β-unsaturated/α-hetero) is 1. The maximum Gasteiger partial charge on any atom is 0.347 e. The number of aromatic amines is 1. The predicted molar refractivity (Wildman–Crippen MR) is 121 cm³/mol. The monoisotopic (exact) mass is 428 g/mol. The van der Waals surface area contributed by atoms with Crippen molar-refractivity contribution < 1.29 is 9.21 Å². The number of nitrogens with one attached hydrogen (secondary N) is 2. The zero-order valence-electron chi connectivity index (χ0n) is 17.6. The summed E-state index contributed by atoms with van der Waals surface area (Å²) in [7, 11) is 0. The van der Waals surface area contributed by atoms with E-state index < -0.39 is 5.41 Å². The fraction of sp³-hybridized carbons (Fsp3) is 0.320. The van der Waals surface area contributed by atoms with Gasteiger partial charge in [0.05, 0.1) is 12.0 Å². The number of benzene rings is 2. The number of rotatable bonds is 6. The lowest BCUT2D eigenvalue weighted by Gasteiger charge is -2.26. The highest BCUT2D eigenvalue weighted by Gasteiger charge is 2.48. The molecule has 32 heavy (non-hydrogen) atoms. The molecule has 1 saturated heterocycles. The molecule has 0 spiro atoms. The highest BCUT2D eigenvalue weighted by atomic mass is 16.3. The molecule has 0 amide bonds. The molecule has 4 aromatic rings. The van der Waals surface area contributed by atoms with Crippen LogP contribution in [-0.2, 0) is 11.2 Å². The van der Waals surface area contributed by atoms with E-state index in [4.69, 9.17) is 4.42 Å². The Morgan fingerprint density at radius 1 is 1.12 bits per heavy atom. The van der Waals surface area contributed by atoms with Crippen LogP contribution in [0.15, 0.2) is 64.0 Å². The number of hydrogen-bond acceptors (Lipinski definition) is 5. The number of nitrogens with zero attached hydrogens (tertiary/aromatic N) is 2. The SMILES string of the molecule is O=C(C1CC1)[C@]1(Cc2n[nH]c(=O)n2-c2ccc(-c3ccc4occc4c3)cc2)CCNC1. The van der Waals surface area contributed by atoms with E-state index in [0.717, 1.165) is 53.6 Å². The molecule has 0 bridgehead atoms. The Morgan fingerprint density at radius 3 is 2.69 bits per heavy atom. The zero-order valence-corrected chi connectivity index (χ0v) is 17.6. The first-order chi connectivity index (χ1) is 15.6. The molecule has 0 radical (unpaired) electrons. The third-order valence-corrected chi connectivity index (χ3v) is 6.86. The van der Waals surface area contributed by atoms with Crippen molar-refractivity contribution in [2.24, 2.45) is 11.3 Å². The highest BCUT2D eigenvalue weighted by molar-refractivity contribution is 5.89. The Bertz CT molecular complexity index is 1350. The van der Waals surface area contributed by atoms with Crippen molar-refractivity contribution in [3.8, 4) is 16.8 Å². The number of ketones is 1. The first kappa shape index (κ1) is 19.3. The van der Waals surface area contributed by atoms with Gasteiger partial charge in [-0.25, -0.2) is 14.5 Å². The van der Waals surface area contributed by atoms with Crippen LogP contribution >= 0.6 is 0 Å². The third kappa shape index (κ3) is 3.20. The molecule has 1 aliphatic carbocycles. The molecule has 1 aliphatic heterocycles. The summed E-state index contributed by atoms with van der Waals surface area (Å²) < 4.78 is 7.02. The molecule has 2 aromatic heterocycles. The first-order valence-corrected chi connectivity index (χ1v) is 11.1. The van der Waals surface area contributed by atoms with Crippen molar-refractivity contribution in [3.05, 3.63) is 71.1 Å². The topological polar surface area (TPSA) is 92.9 Å². The second-order valence-electron chi connectivity index (χ2n) is 9.02. The molecule has 7 nitrogen and oxygen atoms in total. The Balaban J connectivity index is 1.32. The maximum absolute atomic E-state index is 13.1. The van der Waals surface area contributed by atoms with Gasteiger partial charge in [-0.05, 0) is 67.3 Å². The summed E-state index contributed by atoms with van der Waals surface area (Å²) in [5.74, 6) is 1.12. The van der Waals surface area contributed by atoms with Crippen LogP contribution in [0.4, 0.5) is 0 Å². The molecular formula is C25H24N4O3. The summed E-state index contributed by atoms with van der Waals surface area (Å²) in [5, 5.41) is 11.3. The molecule has 1 saturated carbocycles. The van der Waals surface area contributed by atoms with Gasteiger partial charge in [0.2, 0.25) is 0 Å². The summed E-state index contributed by atoms with van der Waals surface area (Å²) in [4.78, 5) is 25.7. The number of H-pyrrole nitrogens is 1. The van der Waals surface area contributed by atoms with Crippen LogP contribution in [0, 0.1) is 11.3 Å². The Hall–Kier alpha value is -3.45. The molecule has 1 atom stereocenters. The fourth-order valence-electron chi connectivity index (χ4n) is 4.94. The van der Waals surface area contributed by atoms with Crippen molar-refractivity contribution in [2.75, 3.05) is 13.1 Å². The second kappa shape index (κ2) is 7.31. The van der Waals surface area contributed by atoms with E-state index in [1.165, 1.54) is 0 Å². The Kier molecular flexibility index (Phi) is 4.40. The van der Waals surface area contributed by atoms with E-state index in [-0.39, 0.29) is 11.6 Å². The number of fused-ring (bicyclic) bond motifs is 1. The van der Waals surface area contributed by atoms with E-state index in [2.05, 4.69) is 21.6 Å². The smallest absolute Gasteiger partial charge is 0.347 e. The number of carbonyl (C=O) groups excluding carboxylic acids is 1. The minimum absolute atomic E-state index is 0.181. The minimum atomic E-state index is -0.468. The van der Waals surface area contributed by atoms with Crippen molar-refractivity contribution in [3.63, 3.8) is 0 Å². The van der Waals surface area contributed by atoms with E-state index in [1.54, 1.807) is 10.8 Å². The van der Waals surface area contributed by atoms with Gasteiger partial charge in [0.1, 0.15) is 17.2 Å². The van der Waals surface area contributed by atoms with Crippen molar-refractivity contribution >= 4 is 16.8 Å². The molecule has 6 rings (SSSR count). The number of hydrogen-bond donors (Lipinski definition) is 2. The lowest BCUT2D eigenvalue weighted by molar-refractivity contribution is -0.129. The summed E-state index contributed by atoms with van der Waals surface area (Å²) in [6.45, 7) is 1.47. The molecule has 162 valence electrons. The van der Waals surface area contributed by atoms with Crippen molar-refractivity contribution in [1.29, 1.82) is 0 Å². The quantitative estimate of drug-likeness (QED) is 0.491. The largest absolute Gasteiger partial charge is 0.464 e. The van der Waals surface area contributed by atoms with Gasteiger partial charge in [-0.15, -0.1) is 0 Å². The third-order valence-electron chi connectivity index (χ3n) is 6.86. The van der Waals surface area contributed by atoms with Crippen LogP contribution in [0.3, 0.4) is 0 Å². The Labute approximate surface area is 184 Å². The van der Waals surface area contributed by atoms with Gasteiger partial charge in [0.25, 0.3) is 0 Å². The second-order valence-corrected chi connectivity index (χ2v) is 9.02. The zero-order chi connectivity index (χ0) is 21.7. The molecule has 2 aliphatic rings. The summed E-state index contributed by atoms with van der Waals surface area (Å²) >= 11 is 0. The summed E-state index contributed by atoms with van der Waals surface area (Å²) in [6, 6.07) is 15.9. The van der Waals surface area contributed by atoms with E-state index in [9.17, 15) is 9.59 Å². The molecule has 2 aromatic carbocycles. The Morgan fingerprint density at radius 2 is 1.94 bits per heavy atom. The van der Waals surface area contributed by atoms with Crippen LogP contribution < -0.4 is 11.0 Å². The van der Waals surface area contributed by atoms with Gasteiger partial charge in [-0.2, -0.15) is 5.10 Å². The highest BCUT2D eigenvalue weighted by Crippen LogP contribution is 2.42. The number of aromatic nitrogens is 3. The average molecular weight is 428 g/mol. The lowest BCUT2D eigenvalue weighted by Crippen LogP contribution is -2.38. The van der Waals surface area contributed by atoms with Crippen molar-refractivity contribution in [1.82, 2.24) is 20.1 Å². The van der Waals surface area contributed by atoms with Gasteiger partial charge in [0, 0.05) is 29.7 Å². The summed E-state index contributed by atoms with van der Waals surface area (Å²) in [6.07, 6.45) is 4.91. The van der Waals surface area contributed by atoms with Gasteiger partial charge >= 0.3 is 5.69 Å². The molecule has 3 heterocycles. The van der Waals surface area contributed by atoms with Gasteiger partial charge in [0.15, 0.2) is 0 Å². The van der Waals surface area contributed by atoms with Crippen LogP contribution in [-0.4, -0.2) is 33.6 Å². The van der Waals surface area contributed by atoms with Gasteiger partial charge < -0.3 is 9.73 Å². The molecule has 2 fully saturated rings. The van der Waals surface area contributed by atoms with Gasteiger partial charge in [-0.1, -0.05) is 18.2 Å². The van der Waals surface area contributed by atoms with Crippen LogP contribution in [0.5, 0.6) is 0 Å². The molecule has 7 heteroatoms. The normalized spacial score (nSPS) is 20.8. The van der Waals surface area contributed by atoms with E-state index in [0.29, 0.717) is 24.6 Å². The first-order valence-electron chi connectivity index (χ1n) is 11.1. The van der Waals surface area contributed by atoms with E-state index >= 15 is 0 Å². The summed E-state index contributed by atoms with van der Waals surface area (Å²) in [5.41, 5.74) is 2.98.